The number of pyridine rings is 1. The molecule has 2 aliphatic rings. The molecule has 2 saturated carbocycles. The number of esters is 1. The normalized spacial score (nSPS) is 23.2. The Morgan fingerprint density at radius 1 is 1.17 bits per heavy atom. The Morgan fingerprint density at radius 3 is 2.47 bits per heavy atom. The highest BCUT2D eigenvalue weighted by Gasteiger charge is 2.30. The van der Waals surface area contributed by atoms with Crippen LogP contribution in [-0.2, 0) is 4.74 Å². The molecule has 0 spiro atoms. The van der Waals surface area contributed by atoms with Gasteiger partial charge in [-0.2, -0.15) is 5.10 Å². The topological polar surface area (TPSA) is 77.2 Å². The zero-order valence-corrected chi connectivity index (χ0v) is 18.6. The lowest BCUT2D eigenvalue weighted by atomic mass is 9.78. The van der Waals surface area contributed by atoms with E-state index in [0.29, 0.717) is 23.6 Å². The van der Waals surface area contributed by atoms with E-state index in [2.05, 4.69) is 18.5 Å². The van der Waals surface area contributed by atoms with Crippen LogP contribution in [0.25, 0.3) is 11.0 Å². The number of hydrogen-bond acceptors (Lipinski definition) is 5. The van der Waals surface area contributed by atoms with Gasteiger partial charge in [-0.05, 0) is 67.9 Å². The number of hydrogen-bond donors (Lipinski definition) is 1. The van der Waals surface area contributed by atoms with E-state index in [1.165, 1.54) is 31.9 Å². The van der Waals surface area contributed by atoms with Crippen molar-refractivity contribution >= 4 is 17.0 Å². The first-order valence-electron chi connectivity index (χ1n) is 11.7. The van der Waals surface area contributed by atoms with Crippen molar-refractivity contribution in [2.24, 2.45) is 5.92 Å². The maximum absolute atomic E-state index is 12.5. The third-order valence-corrected chi connectivity index (χ3v) is 7.13. The largest absolute Gasteiger partial charge is 0.464 e. The molecule has 2 aromatic heterocycles. The van der Waals surface area contributed by atoms with Gasteiger partial charge in [0.15, 0.2) is 11.3 Å². The fourth-order valence-corrected chi connectivity index (χ4v) is 5.36. The van der Waals surface area contributed by atoms with Gasteiger partial charge in [-0.3, -0.25) is 0 Å². The molecule has 0 saturated heterocycles. The van der Waals surface area contributed by atoms with Gasteiger partial charge in [0.25, 0.3) is 0 Å². The van der Waals surface area contributed by atoms with Crippen LogP contribution in [0.3, 0.4) is 0 Å². The van der Waals surface area contributed by atoms with Crippen molar-refractivity contribution in [3.05, 3.63) is 23.0 Å². The van der Waals surface area contributed by atoms with Gasteiger partial charge in [0.1, 0.15) is 0 Å². The number of aromatic nitrogens is 3. The van der Waals surface area contributed by atoms with Crippen LogP contribution >= 0.6 is 0 Å². The number of carbonyl (C=O) groups is 1. The van der Waals surface area contributed by atoms with Crippen molar-refractivity contribution in [2.75, 3.05) is 13.7 Å². The lowest BCUT2D eigenvalue weighted by Gasteiger charge is -2.28. The van der Waals surface area contributed by atoms with E-state index in [0.717, 1.165) is 55.3 Å². The van der Waals surface area contributed by atoms with Gasteiger partial charge in [-0.25, -0.2) is 14.5 Å². The first kappa shape index (κ1) is 21.3. The van der Waals surface area contributed by atoms with Crippen LogP contribution < -0.4 is 0 Å². The van der Waals surface area contributed by atoms with Gasteiger partial charge in [0, 0.05) is 12.0 Å². The molecule has 2 aromatic rings. The molecule has 0 bridgehead atoms. The second-order valence-electron chi connectivity index (χ2n) is 9.46. The zero-order chi connectivity index (χ0) is 21.3. The molecule has 6 nitrogen and oxygen atoms in total. The van der Waals surface area contributed by atoms with Gasteiger partial charge in [0.05, 0.1) is 18.8 Å². The lowest BCUT2D eigenvalue weighted by Crippen LogP contribution is -2.18. The summed E-state index contributed by atoms with van der Waals surface area (Å²) in [6.07, 6.45) is 10.1. The molecular formula is C24H35N3O3. The molecule has 0 aromatic carbocycles. The van der Waals surface area contributed by atoms with Crippen LogP contribution in [0, 0.1) is 5.92 Å². The quantitative estimate of drug-likeness (QED) is 0.689. The monoisotopic (exact) mass is 413 g/mol. The summed E-state index contributed by atoms with van der Waals surface area (Å²) in [7, 11) is 1.41. The highest BCUT2D eigenvalue weighted by molar-refractivity contribution is 5.93. The summed E-state index contributed by atoms with van der Waals surface area (Å²) in [5, 5.41) is 15.8. The number of aliphatic hydroxyl groups is 1. The molecule has 164 valence electrons. The summed E-state index contributed by atoms with van der Waals surface area (Å²) < 4.78 is 7.16. The summed E-state index contributed by atoms with van der Waals surface area (Å²) in [6.45, 7) is 4.64. The van der Waals surface area contributed by atoms with Crippen molar-refractivity contribution < 1.29 is 14.6 Å². The number of rotatable bonds is 5. The van der Waals surface area contributed by atoms with E-state index < -0.39 is 0 Å². The minimum Gasteiger partial charge on any atom is -0.464 e. The summed E-state index contributed by atoms with van der Waals surface area (Å²) in [5.74, 6) is 0.664. The Kier molecular flexibility index (Phi) is 6.42. The van der Waals surface area contributed by atoms with Gasteiger partial charge < -0.3 is 9.84 Å². The van der Waals surface area contributed by atoms with Crippen molar-refractivity contribution in [1.29, 1.82) is 0 Å². The number of carbonyl (C=O) groups excluding carboxylic acids is 1. The molecule has 4 rings (SSSR count). The minimum atomic E-state index is -0.385. The average Bonchev–Trinajstić information content (AvgIpc) is 3.18. The Labute approximate surface area is 179 Å². The first-order valence-corrected chi connectivity index (χ1v) is 11.7. The Balaban J connectivity index is 1.87. The molecule has 2 fully saturated rings. The van der Waals surface area contributed by atoms with E-state index in [-0.39, 0.29) is 18.5 Å². The summed E-state index contributed by atoms with van der Waals surface area (Å²) in [6, 6.07) is 2.31. The first-order chi connectivity index (χ1) is 14.5. The lowest BCUT2D eigenvalue weighted by molar-refractivity contribution is 0.0594. The van der Waals surface area contributed by atoms with Crippen LogP contribution in [-0.4, -0.2) is 39.6 Å². The third kappa shape index (κ3) is 3.98. The molecule has 30 heavy (non-hydrogen) atoms. The number of fused-ring (bicyclic) bond motifs is 1. The highest BCUT2D eigenvalue weighted by atomic mass is 16.5. The maximum Gasteiger partial charge on any atom is 0.356 e. The molecule has 2 heterocycles. The smallest absolute Gasteiger partial charge is 0.356 e. The number of aliphatic hydroxyl groups excluding tert-OH is 1. The van der Waals surface area contributed by atoms with Crippen molar-refractivity contribution in [2.45, 2.75) is 89.5 Å². The Morgan fingerprint density at radius 2 is 1.87 bits per heavy atom. The van der Waals surface area contributed by atoms with Crippen molar-refractivity contribution in [1.82, 2.24) is 14.8 Å². The molecule has 0 amide bonds. The number of ether oxygens (including phenoxy) is 1. The summed E-state index contributed by atoms with van der Waals surface area (Å²) in [5.41, 5.74) is 3.53. The minimum absolute atomic E-state index is 0.267. The van der Waals surface area contributed by atoms with E-state index >= 15 is 0 Å². The molecule has 0 aliphatic heterocycles. The van der Waals surface area contributed by atoms with Gasteiger partial charge >= 0.3 is 5.97 Å². The Hall–Kier alpha value is -1.95. The van der Waals surface area contributed by atoms with Gasteiger partial charge in [0.2, 0.25) is 0 Å². The van der Waals surface area contributed by atoms with Crippen molar-refractivity contribution in [3.8, 4) is 0 Å². The SMILES string of the molecule is COC(=O)c1cc(C2CCC(CO)CC2)c2c(C(C)C)nn(C3CCCCC3)c2n1. The third-order valence-electron chi connectivity index (χ3n) is 7.13. The molecular weight excluding hydrogens is 378 g/mol. The molecule has 6 heteroatoms. The van der Waals surface area contributed by atoms with Gasteiger partial charge in [-0.1, -0.05) is 33.1 Å². The van der Waals surface area contributed by atoms with Crippen LogP contribution in [0.1, 0.15) is 111 Å². The fourth-order valence-electron chi connectivity index (χ4n) is 5.36. The van der Waals surface area contributed by atoms with Crippen LogP contribution in [0.4, 0.5) is 0 Å². The molecule has 0 radical (unpaired) electrons. The fraction of sp³-hybridized carbons (Fsp3) is 0.708. The Bertz CT molecular complexity index is 891. The number of methoxy groups -OCH3 is 1. The molecule has 0 unspecified atom stereocenters. The molecule has 0 atom stereocenters. The molecule has 2 aliphatic carbocycles. The second-order valence-corrected chi connectivity index (χ2v) is 9.46. The standard InChI is InChI=1S/C24H35N3O3/c1-15(2)22-21-19(17-11-9-16(14-28)10-12-17)13-20(24(29)30-3)25-23(21)27(26-22)18-7-5-4-6-8-18/h13,15-18,28H,4-12,14H2,1-3H3. The summed E-state index contributed by atoms with van der Waals surface area (Å²) in [4.78, 5) is 17.3. The van der Waals surface area contributed by atoms with Crippen LogP contribution in [0.5, 0.6) is 0 Å². The summed E-state index contributed by atoms with van der Waals surface area (Å²) >= 11 is 0. The number of nitrogens with zero attached hydrogens (tertiary/aromatic N) is 3. The second kappa shape index (κ2) is 9.04. The van der Waals surface area contributed by atoms with E-state index in [1.807, 2.05) is 6.07 Å². The van der Waals surface area contributed by atoms with E-state index in [9.17, 15) is 9.90 Å². The van der Waals surface area contributed by atoms with Crippen molar-refractivity contribution in [3.63, 3.8) is 0 Å². The van der Waals surface area contributed by atoms with Crippen LogP contribution in [0.15, 0.2) is 6.07 Å². The zero-order valence-electron chi connectivity index (χ0n) is 18.6. The predicted molar refractivity (Wildman–Crippen MR) is 117 cm³/mol. The maximum atomic E-state index is 12.5. The average molecular weight is 414 g/mol. The van der Waals surface area contributed by atoms with Crippen LogP contribution in [0.2, 0.25) is 0 Å². The predicted octanol–water partition coefficient (Wildman–Crippen LogP) is 5.11. The highest BCUT2D eigenvalue weighted by Crippen LogP contribution is 2.42. The van der Waals surface area contributed by atoms with Gasteiger partial charge in [-0.15, -0.1) is 0 Å². The van der Waals surface area contributed by atoms with E-state index in [4.69, 9.17) is 14.8 Å². The van der Waals surface area contributed by atoms with E-state index in [1.54, 1.807) is 0 Å². The molecule has 1 N–H and O–H groups in total.